The number of thioether (sulfide) groups is 1. The molecular formula is C21H18N4OS. The van der Waals surface area contributed by atoms with E-state index in [0.717, 1.165) is 11.3 Å². The monoisotopic (exact) mass is 374 g/mol. The van der Waals surface area contributed by atoms with Crippen LogP contribution in [0.2, 0.25) is 0 Å². The molecule has 0 spiro atoms. The molecule has 0 aliphatic rings. The SMILES string of the molecule is Cc1ccc(-n2c(SC[C@H](C#N)CCC#N)nc3ccccc3c2=O)cc1. The first-order chi connectivity index (χ1) is 13.1. The summed E-state index contributed by atoms with van der Waals surface area (Å²) in [6.07, 6.45) is 0.858. The van der Waals surface area contributed by atoms with Crippen LogP contribution >= 0.6 is 11.8 Å². The summed E-state index contributed by atoms with van der Waals surface area (Å²) in [5.74, 6) is 0.221. The third kappa shape index (κ3) is 4.19. The van der Waals surface area contributed by atoms with Gasteiger partial charge in [0.05, 0.1) is 34.6 Å². The van der Waals surface area contributed by atoms with Crippen molar-refractivity contribution in [3.63, 3.8) is 0 Å². The number of aromatic nitrogens is 2. The maximum atomic E-state index is 13.1. The Morgan fingerprint density at radius 1 is 1.15 bits per heavy atom. The number of nitriles is 2. The maximum Gasteiger partial charge on any atom is 0.266 e. The van der Waals surface area contributed by atoms with E-state index in [4.69, 9.17) is 5.26 Å². The van der Waals surface area contributed by atoms with Gasteiger partial charge in [0.2, 0.25) is 0 Å². The van der Waals surface area contributed by atoms with Crippen molar-refractivity contribution in [2.45, 2.75) is 24.9 Å². The van der Waals surface area contributed by atoms with Crippen LogP contribution < -0.4 is 5.56 Å². The topological polar surface area (TPSA) is 82.5 Å². The Hall–Kier alpha value is -3.09. The van der Waals surface area contributed by atoms with Crippen molar-refractivity contribution in [3.05, 3.63) is 64.4 Å². The minimum absolute atomic E-state index is 0.127. The van der Waals surface area contributed by atoms with Crippen molar-refractivity contribution in [3.8, 4) is 17.8 Å². The van der Waals surface area contributed by atoms with Gasteiger partial charge in [0.25, 0.3) is 5.56 Å². The first kappa shape index (κ1) is 18.7. The summed E-state index contributed by atoms with van der Waals surface area (Å²) in [5.41, 5.74) is 2.36. The van der Waals surface area contributed by atoms with Crippen LogP contribution in [0.1, 0.15) is 18.4 Å². The van der Waals surface area contributed by atoms with Gasteiger partial charge in [-0.1, -0.05) is 41.6 Å². The quantitative estimate of drug-likeness (QED) is 0.476. The van der Waals surface area contributed by atoms with Gasteiger partial charge < -0.3 is 0 Å². The zero-order chi connectivity index (χ0) is 19.2. The number of aryl methyl sites for hydroxylation is 1. The van der Waals surface area contributed by atoms with Crippen LogP contribution in [0.3, 0.4) is 0 Å². The molecule has 0 radical (unpaired) electrons. The summed E-state index contributed by atoms with van der Waals surface area (Å²) >= 11 is 1.38. The van der Waals surface area contributed by atoms with E-state index in [1.807, 2.05) is 49.4 Å². The van der Waals surface area contributed by atoms with E-state index in [0.29, 0.717) is 34.7 Å². The van der Waals surface area contributed by atoms with Gasteiger partial charge in [0.15, 0.2) is 5.16 Å². The maximum absolute atomic E-state index is 13.1. The fourth-order valence-corrected chi connectivity index (χ4v) is 3.80. The van der Waals surface area contributed by atoms with E-state index in [1.165, 1.54) is 11.8 Å². The summed E-state index contributed by atoms with van der Waals surface area (Å²) in [5, 5.41) is 19.2. The van der Waals surface area contributed by atoms with Crippen LogP contribution in [0.15, 0.2) is 58.5 Å². The minimum atomic E-state index is -0.260. The Kier molecular flexibility index (Phi) is 5.90. The lowest BCUT2D eigenvalue weighted by molar-refractivity contribution is 0.682. The molecule has 0 fully saturated rings. The average Bonchev–Trinajstić information content (AvgIpc) is 2.69. The molecule has 0 amide bonds. The molecule has 0 N–H and O–H groups in total. The molecule has 0 aliphatic heterocycles. The summed E-state index contributed by atoms with van der Waals surface area (Å²) in [6, 6.07) is 19.3. The first-order valence-electron chi connectivity index (χ1n) is 8.62. The molecule has 1 heterocycles. The Bertz CT molecular complexity index is 1090. The summed E-state index contributed by atoms with van der Waals surface area (Å²) in [7, 11) is 0. The van der Waals surface area contributed by atoms with Gasteiger partial charge in [-0.3, -0.25) is 9.36 Å². The second kappa shape index (κ2) is 8.53. The van der Waals surface area contributed by atoms with Gasteiger partial charge in [-0.25, -0.2) is 4.98 Å². The lowest BCUT2D eigenvalue weighted by atomic mass is 10.1. The molecule has 6 heteroatoms. The lowest BCUT2D eigenvalue weighted by Gasteiger charge is -2.14. The molecule has 27 heavy (non-hydrogen) atoms. The zero-order valence-corrected chi connectivity index (χ0v) is 15.7. The van der Waals surface area contributed by atoms with Crippen molar-refractivity contribution < 1.29 is 0 Å². The van der Waals surface area contributed by atoms with Gasteiger partial charge in [0, 0.05) is 12.2 Å². The van der Waals surface area contributed by atoms with Crippen molar-refractivity contribution in [1.82, 2.24) is 9.55 Å². The molecule has 134 valence electrons. The second-order valence-corrected chi connectivity index (χ2v) is 7.21. The Balaban J connectivity index is 2.06. The molecule has 0 saturated carbocycles. The Morgan fingerprint density at radius 3 is 2.59 bits per heavy atom. The molecule has 0 unspecified atom stereocenters. The number of rotatable bonds is 6. The molecule has 0 saturated heterocycles. The number of para-hydroxylation sites is 1. The van der Waals surface area contributed by atoms with Crippen molar-refractivity contribution >= 4 is 22.7 Å². The van der Waals surface area contributed by atoms with Gasteiger partial charge in [-0.2, -0.15) is 10.5 Å². The van der Waals surface area contributed by atoms with Crippen molar-refractivity contribution in [2.75, 3.05) is 5.75 Å². The van der Waals surface area contributed by atoms with Gasteiger partial charge in [-0.15, -0.1) is 0 Å². The zero-order valence-electron chi connectivity index (χ0n) is 14.9. The van der Waals surface area contributed by atoms with Gasteiger partial charge in [0.1, 0.15) is 0 Å². The third-order valence-corrected chi connectivity index (χ3v) is 5.34. The highest BCUT2D eigenvalue weighted by Gasteiger charge is 2.15. The van der Waals surface area contributed by atoms with Crippen LogP contribution in [0.5, 0.6) is 0 Å². The smallest absolute Gasteiger partial charge is 0.266 e. The predicted octanol–water partition coefficient (Wildman–Crippen LogP) is 4.23. The standard InChI is InChI=1S/C21H18N4OS/c1-15-8-10-17(11-9-15)25-20(26)18-6-2-3-7-19(18)24-21(25)27-14-16(13-23)5-4-12-22/h2-3,6-11,16H,4-5,14H2,1H3/t16-/m0/s1. The molecule has 3 rings (SSSR count). The van der Waals surface area contributed by atoms with Crippen LogP contribution in [-0.4, -0.2) is 15.3 Å². The molecule has 5 nitrogen and oxygen atoms in total. The molecular weight excluding hydrogens is 356 g/mol. The van der Waals surface area contributed by atoms with Gasteiger partial charge in [-0.05, 0) is 37.6 Å². The van der Waals surface area contributed by atoms with E-state index in [1.54, 1.807) is 10.6 Å². The van der Waals surface area contributed by atoms with E-state index < -0.39 is 0 Å². The highest BCUT2D eigenvalue weighted by Crippen LogP contribution is 2.24. The number of benzene rings is 2. The Labute approximate surface area is 161 Å². The normalized spacial score (nSPS) is 11.7. The van der Waals surface area contributed by atoms with E-state index >= 15 is 0 Å². The van der Waals surface area contributed by atoms with Crippen molar-refractivity contribution in [1.29, 1.82) is 10.5 Å². The minimum Gasteiger partial charge on any atom is -0.268 e. The fourth-order valence-electron chi connectivity index (χ4n) is 2.73. The first-order valence-corrected chi connectivity index (χ1v) is 9.61. The average molecular weight is 374 g/mol. The summed E-state index contributed by atoms with van der Waals surface area (Å²) < 4.78 is 1.60. The molecule has 0 bridgehead atoms. The van der Waals surface area contributed by atoms with Crippen LogP contribution in [0, 0.1) is 35.5 Å². The van der Waals surface area contributed by atoms with E-state index in [9.17, 15) is 10.1 Å². The lowest BCUT2D eigenvalue weighted by Crippen LogP contribution is -2.22. The predicted molar refractivity (Wildman–Crippen MR) is 107 cm³/mol. The highest BCUT2D eigenvalue weighted by atomic mass is 32.2. The molecule has 1 aromatic heterocycles. The van der Waals surface area contributed by atoms with E-state index in [2.05, 4.69) is 17.1 Å². The van der Waals surface area contributed by atoms with Crippen LogP contribution in [0.4, 0.5) is 0 Å². The number of nitrogens with zero attached hydrogens (tertiary/aromatic N) is 4. The molecule has 2 aromatic carbocycles. The highest BCUT2D eigenvalue weighted by molar-refractivity contribution is 7.99. The molecule has 3 aromatic rings. The van der Waals surface area contributed by atoms with Crippen molar-refractivity contribution in [2.24, 2.45) is 5.92 Å². The van der Waals surface area contributed by atoms with Crippen LogP contribution in [0.25, 0.3) is 16.6 Å². The fraction of sp³-hybridized carbons (Fsp3) is 0.238. The summed E-state index contributed by atoms with van der Waals surface area (Å²) in [4.78, 5) is 17.8. The number of hydrogen-bond acceptors (Lipinski definition) is 5. The third-order valence-electron chi connectivity index (χ3n) is 4.24. The molecule has 1 atom stereocenters. The molecule has 0 aliphatic carbocycles. The largest absolute Gasteiger partial charge is 0.268 e. The van der Waals surface area contributed by atoms with E-state index in [-0.39, 0.29) is 11.5 Å². The van der Waals surface area contributed by atoms with Gasteiger partial charge >= 0.3 is 0 Å². The Morgan fingerprint density at radius 2 is 1.89 bits per heavy atom. The summed E-state index contributed by atoms with van der Waals surface area (Å²) in [6.45, 7) is 1.99. The second-order valence-electron chi connectivity index (χ2n) is 6.22. The van der Waals surface area contributed by atoms with Crippen LogP contribution in [-0.2, 0) is 0 Å². The number of fused-ring (bicyclic) bond motifs is 1. The number of hydrogen-bond donors (Lipinski definition) is 0.